The first-order chi connectivity index (χ1) is 9.49. The molecule has 0 bridgehead atoms. The van der Waals surface area contributed by atoms with E-state index in [1.165, 1.54) is 19.1 Å². The highest BCUT2D eigenvalue weighted by Gasteiger charge is 2.47. The maximum atomic E-state index is 12.1. The van der Waals surface area contributed by atoms with Gasteiger partial charge in [0.05, 0.1) is 17.7 Å². The minimum Gasteiger partial charge on any atom is -0.479 e. The van der Waals surface area contributed by atoms with Gasteiger partial charge in [-0.1, -0.05) is 12.1 Å². The van der Waals surface area contributed by atoms with Crippen LogP contribution in [0.3, 0.4) is 0 Å². The highest BCUT2D eigenvalue weighted by molar-refractivity contribution is 6.24. The van der Waals surface area contributed by atoms with Crippen molar-refractivity contribution in [1.82, 2.24) is 4.90 Å². The fraction of sp³-hybridized carbons (Fsp3) is 0.231. The summed E-state index contributed by atoms with van der Waals surface area (Å²) in [7, 11) is 0. The maximum Gasteiger partial charge on any atom is 0.341 e. The lowest BCUT2D eigenvalue weighted by Gasteiger charge is -2.20. The molecule has 0 spiro atoms. The van der Waals surface area contributed by atoms with E-state index >= 15 is 0 Å². The molecule has 1 aromatic carbocycles. The monoisotopic (exact) mass is 277 g/mol. The van der Waals surface area contributed by atoms with Gasteiger partial charge in [-0.2, -0.15) is 0 Å². The second-order valence-electron chi connectivity index (χ2n) is 4.02. The van der Waals surface area contributed by atoms with Crippen molar-refractivity contribution in [3.8, 4) is 0 Å². The lowest BCUT2D eigenvalue weighted by molar-refractivity contribution is -0.157. The highest BCUT2D eigenvalue weighted by Crippen LogP contribution is 2.25. The van der Waals surface area contributed by atoms with Crippen LogP contribution in [-0.2, 0) is 14.3 Å². The first kappa shape index (κ1) is 13.7. The molecule has 104 valence electrons. The van der Waals surface area contributed by atoms with E-state index in [1.807, 2.05) is 0 Å². The number of amides is 2. The zero-order valence-corrected chi connectivity index (χ0v) is 10.5. The molecule has 0 aliphatic carbocycles. The molecule has 1 heterocycles. The Balaban J connectivity index is 2.42. The van der Waals surface area contributed by atoms with E-state index in [1.54, 1.807) is 12.1 Å². The summed E-state index contributed by atoms with van der Waals surface area (Å²) in [5, 5.41) is 9.10. The number of ether oxygens (including phenoxy) is 1. The van der Waals surface area contributed by atoms with Gasteiger partial charge in [0.2, 0.25) is 6.04 Å². The van der Waals surface area contributed by atoms with Crippen LogP contribution in [0.1, 0.15) is 27.6 Å². The van der Waals surface area contributed by atoms with Crippen LogP contribution >= 0.6 is 0 Å². The van der Waals surface area contributed by atoms with Gasteiger partial charge in [-0.25, -0.2) is 14.5 Å². The van der Waals surface area contributed by atoms with Crippen LogP contribution < -0.4 is 0 Å². The van der Waals surface area contributed by atoms with Gasteiger partial charge >= 0.3 is 11.9 Å². The van der Waals surface area contributed by atoms with Crippen molar-refractivity contribution < 1.29 is 29.0 Å². The SMILES string of the molecule is CCOC(=O)C(C(=O)O)N1C(=O)c2ccccc2C1=O. The molecule has 0 saturated heterocycles. The van der Waals surface area contributed by atoms with Crippen LogP contribution in [0.15, 0.2) is 24.3 Å². The van der Waals surface area contributed by atoms with E-state index in [9.17, 15) is 19.2 Å². The number of carbonyl (C=O) groups excluding carboxylic acids is 3. The molecule has 20 heavy (non-hydrogen) atoms. The Morgan fingerprint density at radius 3 is 2.10 bits per heavy atom. The summed E-state index contributed by atoms with van der Waals surface area (Å²) in [5.41, 5.74) is 0.154. The number of rotatable bonds is 4. The summed E-state index contributed by atoms with van der Waals surface area (Å²) < 4.78 is 4.61. The van der Waals surface area contributed by atoms with Gasteiger partial charge in [-0.3, -0.25) is 9.59 Å². The molecule has 0 saturated carbocycles. The van der Waals surface area contributed by atoms with E-state index in [0.717, 1.165) is 0 Å². The Kier molecular flexibility index (Phi) is 3.51. The van der Waals surface area contributed by atoms with Gasteiger partial charge in [-0.05, 0) is 19.1 Å². The van der Waals surface area contributed by atoms with Crippen molar-refractivity contribution in [2.45, 2.75) is 13.0 Å². The molecule has 7 heteroatoms. The number of nitrogens with zero attached hydrogens (tertiary/aromatic N) is 1. The molecule has 2 rings (SSSR count). The number of benzene rings is 1. The van der Waals surface area contributed by atoms with Crippen LogP contribution in [0.5, 0.6) is 0 Å². The number of carboxylic acids is 1. The molecular weight excluding hydrogens is 266 g/mol. The normalized spacial score (nSPS) is 14.9. The Morgan fingerprint density at radius 1 is 1.20 bits per heavy atom. The van der Waals surface area contributed by atoms with Crippen molar-refractivity contribution in [1.29, 1.82) is 0 Å². The van der Waals surface area contributed by atoms with Gasteiger partial charge in [0, 0.05) is 0 Å². The molecule has 1 aliphatic heterocycles. The minimum absolute atomic E-state index is 0.0498. The Hall–Kier alpha value is -2.70. The average Bonchev–Trinajstić information content (AvgIpc) is 2.65. The Bertz CT molecular complexity index is 574. The molecule has 2 amide bonds. The highest BCUT2D eigenvalue weighted by atomic mass is 16.5. The minimum atomic E-state index is -1.97. The smallest absolute Gasteiger partial charge is 0.341 e. The topological polar surface area (TPSA) is 101 Å². The number of fused-ring (bicyclic) bond motifs is 1. The summed E-state index contributed by atoms with van der Waals surface area (Å²) >= 11 is 0. The van der Waals surface area contributed by atoms with Crippen LogP contribution in [0.2, 0.25) is 0 Å². The predicted molar refractivity (Wildman–Crippen MR) is 65.0 cm³/mol. The fourth-order valence-corrected chi connectivity index (χ4v) is 1.98. The Morgan fingerprint density at radius 2 is 1.70 bits per heavy atom. The third-order valence-corrected chi connectivity index (χ3v) is 2.83. The largest absolute Gasteiger partial charge is 0.479 e. The lowest BCUT2D eigenvalue weighted by Crippen LogP contribution is -2.50. The fourth-order valence-electron chi connectivity index (χ4n) is 1.98. The number of hydrogen-bond acceptors (Lipinski definition) is 5. The molecule has 1 aliphatic rings. The third kappa shape index (κ3) is 2.03. The number of carboxylic acid groups (broad SMARTS) is 1. The molecule has 1 atom stereocenters. The van der Waals surface area contributed by atoms with Gasteiger partial charge < -0.3 is 9.84 Å². The van der Waals surface area contributed by atoms with Crippen LogP contribution in [0, 0.1) is 0 Å². The average molecular weight is 277 g/mol. The Labute approximate surface area is 113 Å². The second-order valence-corrected chi connectivity index (χ2v) is 4.02. The van der Waals surface area contributed by atoms with Crippen molar-refractivity contribution in [3.63, 3.8) is 0 Å². The van der Waals surface area contributed by atoms with Crippen LogP contribution in [-0.4, -0.2) is 46.4 Å². The van der Waals surface area contributed by atoms with Crippen molar-refractivity contribution >= 4 is 23.8 Å². The van der Waals surface area contributed by atoms with Crippen molar-refractivity contribution in [2.24, 2.45) is 0 Å². The quantitative estimate of drug-likeness (QED) is 0.482. The summed E-state index contributed by atoms with van der Waals surface area (Å²) in [6, 6.07) is 3.93. The van der Waals surface area contributed by atoms with Gasteiger partial charge in [0.15, 0.2) is 0 Å². The number of imide groups is 1. The van der Waals surface area contributed by atoms with Gasteiger partial charge in [0.1, 0.15) is 0 Å². The first-order valence-electron chi connectivity index (χ1n) is 5.85. The molecule has 0 fully saturated rings. The first-order valence-corrected chi connectivity index (χ1v) is 5.85. The number of carbonyl (C=O) groups is 4. The zero-order valence-electron chi connectivity index (χ0n) is 10.5. The van der Waals surface area contributed by atoms with E-state index < -0.39 is 29.8 Å². The molecule has 1 unspecified atom stereocenters. The summed E-state index contributed by atoms with van der Waals surface area (Å²) in [5.74, 6) is -4.38. The van der Waals surface area contributed by atoms with Crippen LogP contribution in [0.4, 0.5) is 0 Å². The van der Waals surface area contributed by atoms with E-state index in [4.69, 9.17) is 5.11 Å². The standard InChI is InChI=1S/C13H11NO6/c1-2-20-13(19)9(12(17)18)14-10(15)7-5-3-4-6-8(7)11(14)16/h3-6,9H,2H2,1H3,(H,17,18). The van der Waals surface area contributed by atoms with Gasteiger partial charge in [-0.15, -0.1) is 0 Å². The summed E-state index contributed by atoms with van der Waals surface area (Å²) in [6.45, 7) is 1.45. The molecule has 1 N–H and O–H groups in total. The van der Waals surface area contributed by atoms with E-state index in [-0.39, 0.29) is 17.7 Å². The number of hydrogen-bond donors (Lipinski definition) is 1. The van der Waals surface area contributed by atoms with E-state index in [2.05, 4.69) is 4.74 Å². The second kappa shape index (κ2) is 5.12. The summed E-state index contributed by atoms with van der Waals surface area (Å²) in [6.07, 6.45) is 0. The van der Waals surface area contributed by atoms with Gasteiger partial charge in [0.25, 0.3) is 11.8 Å². The third-order valence-electron chi connectivity index (χ3n) is 2.83. The van der Waals surface area contributed by atoms with Crippen molar-refractivity contribution in [3.05, 3.63) is 35.4 Å². The number of aliphatic carboxylic acids is 1. The summed E-state index contributed by atoms with van der Waals surface area (Å²) in [4.78, 5) is 47.5. The van der Waals surface area contributed by atoms with Crippen LogP contribution in [0.25, 0.3) is 0 Å². The number of esters is 1. The zero-order chi connectivity index (χ0) is 14.9. The lowest BCUT2D eigenvalue weighted by atomic mass is 10.1. The molecule has 0 aromatic heterocycles. The van der Waals surface area contributed by atoms with Crippen molar-refractivity contribution in [2.75, 3.05) is 6.61 Å². The predicted octanol–water partition coefficient (Wildman–Crippen LogP) is 0.299. The molecule has 1 aromatic rings. The molecule has 7 nitrogen and oxygen atoms in total. The molecular formula is C13H11NO6. The van der Waals surface area contributed by atoms with E-state index in [0.29, 0.717) is 4.90 Å². The molecule has 0 radical (unpaired) electrons. The maximum absolute atomic E-state index is 12.1.